The van der Waals surface area contributed by atoms with Crippen LogP contribution in [0.15, 0.2) is 54.7 Å². The highest BCUT2D eigenvalue weighted by molar-refractivity contribution is 5.95. The summed E-state index contributed by atoms with van der Waals surface area (Å²) in [6.07, 6.45) is 3.74. The number of carbonyl (C=O) groups is 2. The molecule has 3 aromatic rings. The van der Waals surface area contributed by atoms with E-state index in [1.54, 1.807) is 6.20 Å². The number of benzene rings is 2. The van der Waals surface area contributed by atoms with Gasteiger partial charge in [0, 0.05) is 25.3 Å². The van der Waals surface area contributed by atoms with Gasteiger partial charge in [0.25, 0.3) is 5.91 Å². The van der Waals surface area contributed by atoms with Crippen molar-refractivity contribution in [1.82, 2.24) is 20.0 Å². The molecule has 0 spiro atoms. The number of amides is 3. The lowest BCUT2D eigenvalue weighted by Crippen LogP contribution is -2.32. The monoisotopic (exact) mass is 445 g/mol. The number of rotatable bonds is 6. The number of hydrogen-bond donors (Lipinski definition) is 2. The highest BCUT2D eigenvalue weighted by Gasteiger charge is 2.21. The van der Waals surface area contributed by atoms with Crippen LogP contribution in [0.1, 0.15) is 59.8 Å². The van der Waals surface area contributed by atoms with Gasteiger partial charge in [-0.15, -0.1) is 0 Å². The third kappa shape index (κ3) is 5.25. The first kappa shape index (κ1) is 22.6. The standard InChI is InChI=1S/C26H31N5O2/c1-18(2)24-23(17-28-31(24)22-11-9-19(3)10-12-22)25(32)27-16-20-7-6-8-21(15-20)29-26(33)30-13-4-5-14-30/h6-12,15,17-18H,4-5,13-14,16H2,1-3H3,(H,27,32)(H,29,33). The fraction of sp³-hybridized carbons (Fsp3) is 0.346. The first-order chi connectivity index (χ1) is 15.9. The van der Waals surface area contributed by atoms with Crippen molar-refractivity contribution in [3.05, 3.63) is 77.1 Å². The summed E-state index contributed by atoms with van der Waals surface area (Å²) in [4.78, 5) is 27.2. The van der Waals surface area contributed by atoms with Gasteiger partial charge >= 0.3 is 6.03 Å². The summed E-state index contributed by atoms with van der Waals surface area (Å²) in [5.41, 5.74) is 5.21. The van der Waals surface area contributed by atoms with Crippen molar-refractivity contribution >= 4 is 17.6 Å². The molecule has 0 aliphatic carbocycles. The molecular weight excluding hydrogens is 414 g/mol. The number of aryl methyl sites for hydroxylation is 1. The molecule has 2 heterocycles. The van der Waals surface area contributed by atoms with Gasteiger partial charge in [0.1, 0.15) is 0 Å². The van der Waals surface area contributed by atoms with Crippen LogP contribution in [0.5, 0.6) is 0 Å². The second-order valence-corrected chi connectivity index (χ2v) is 8.85. The molecular formula is C26H31N5O2. The van der Waals surface area contributed by atoms with Crippen LogP contribution in [-0.4, -0.2) is 39.7 Å². The first-order valence-corrected chi connectivity index (χ1v) is 11.5. The molecule has 1 aliphatic rings. The molecule has 4 rings (SSSR count). The summed E-state index contributed by atoms with van der Waals surface area (Å²) in [6, 6.07) is 15.6. The topological polar surface area (TPSA) is 79.3 Å². The Morgan fingerprint density at radius 1 is 1.06 bits per heavy atom. The normalized spacial score (nSPS) is 13.4. The van der Waals surface area contributed by atoms with E-state index < -0.39 is 0 Å². The Labute approximate surface area is 194 Å². The number of hydrogen-bond acceptors (Lipinski definition) is 3. The number of nitrogens with zero attached hydrogens (tertiary/aromatic N) is 3. The van der Waals surface area contributed by atoms with Crippen LogP contribution in [0, 0.1) is 6.92 Å². The maximum atomic E-state index is 13.0. The summed E-state index contributed by atoms with van der Waals surface area (Å²) in [6.45, 7) is 8.13. The lowest BCUT2D eigenvalue weighted by atomic mass is 10.0. The van der Waals surface area contributed by atoms with Gasteiger partial charge in [-0.05, 0) is 55.5 Å². The Morgan fingerprint density at radius 2 is 1.79 bits per heavy atom. The predicted molar refractivity (Wildman–Crippen MR) is 130 cm³/mol. The summed E-state index contributed by atoms with van der Waals surface area (Å²) in [5, 5.41) is 10.5. The van der Waals surface area contributed by atoms with E-state index in [0.717, 1.165) is 48.6 Å². The van der Waals surface area contributed by atoms with Gasteiger partial charge in [0.15, 0.2) is 0 Å². The zero-order chi connectivity index (χ0) is 23.4. The van der Waals surface area contributed by atoms with Crippen molar-refractivity contribution in [2.24, 2.45) is 0 Å². The fourth-order valence-corrected chi connectivity index (χ4v) is 4.14. The zero-order valence-electron chi connectivity index (χ0n) is 19.5. The van der Waals surface area contributed by atoms with E-state index in [-0.39, 0.29) is 17.9 Å². The van der Waals surface area contributed by atoms with E-state index in [1.165, 1.54) is 5.56 Å². The van der Waals surface area contributed by atoms with Gasteiger partial charge in [-0.1, -0.05) is 43.7 Å². The Kier molecular flexibility index (Phi) is 6.77. The molecule has 7 nitrogen and oxygen atoms in total. The minimum absolute atomic E-state index is 0.0706. The summed E-state index contributed by atoms with van der Waals surface area (Å²) < 4.78 is 1.84. The first-order valence-electron chi connectivity index (χ1n) is 11.5. The van der Waals surface area contributed by atoms with Crippen molar-refractivity contribution in [3.8, 4) is 5.69 Å². The Bertz CT molecular complexity index is 1130. The molecule has 0 atom stereocenters. The van der Waals surface area contributed by atoms with Crippen molar-refractivity contribution in [2.45, 2.75) is 46.1 Å². The number of urea groups is 1. The summed E-state index contributed by atoms with van der Waals surface area (Å²) in [5.74, 6) is -0.0396. The second-order valence-electron chi connectivity index (χ2n) is 8.85. The number of nitrogens with one attached hydrogen (secondary N) is 2. The molecule has 1 aliphatic heterocycles. The quantitative estimate of drug-likeness (QED) is 0.569. The van der Waals surface area contributed by atoms with Crippen molar-refractivity contribution in [1.29, 1.82) is 0 Å². The molecule has 1 fully saturated rings. The van der Waals surface area contributed by atoms with Gasteiger partial charge in [-0.25, -0.2) is 9.48 Å². The van der Waals surface area contributed by atoms with Crippen molar-refractivity contribution < 1.29 is 9.59 Å². The predicted octanol–water partition coefficient (Wildman–Crippen LogP) is 4.86. The molecule has 2 aromatic carbocycles. The maximum absolute atomic E-state index is 13.0. The van der Waals surface area contributed by atoms with Crippen LogP contribution < -0.4 is 10.6 Å². The highest BCUT2D eigenvalue weighted by Crippen LogP contribution is 2.23. The van der Waals surface area contributed by atoms with Gasteiger partial charge in [0.2, 0.25) is 0 Å². The second kappa shape index (κ2) is 9.90. The van der Waals surface area contributed by atoms with E-state index in [9.17, 15) is 9.59 Å². The van der Waals surface area contributed by atoms with E-state index in [1.807, 2.05) is 65.0 Å². The molecule has 0 saturated carbocycles. The Balaban J connectivity index is 1.45. The molecule has 2 N–H and O–H groups in total. The largest absolute Gasteiger partial charge is 0.348 e. The third-order valence-corrected chi connectivity index (χ3v) is 5.90. The molecule has 1 saturated heterocycles. The van der Waals surface area contributed by atoms with Crippen LogP contribution in [0.3, 0.4) is 0 Å². The van der Waals surface area contributed by atoms with Crippen molar-refractivity contribution in [2.75, 3.05) is 18.4 Å². The Hall–Kier alpha value is -3.61. The number of likely N-dealkylation sites (tertiary alicyclic amines) is 1. The highest BCUT2D eigenvalue weighted by atomic mass is 16.2. The molecule has 33 heavy (non-hydrogen) atoms. The minimum Gasteiger partial charge on any atom is -0.348 e. The van der Waals surface area contributed by atoms with E-state index in [0.29, 0.717) is 12.1 Å². The zero-order valence-corrected chi connectivity index (χ0v) is 19.5. The minimum atomic E-state index is -0.163. The van der Waals surface area contributed by atoms with Crippen LogP contribution in [0.2, 0.25) is 0 Å². The SMILES string of the molecule is Cc1ccc(-n2ncc(C(=O)NCc3cccc(NC(=O)N4CCCC4)c3)c2C(C)C)cc1. The summed E-state index contributed by atoms with van der Waals surface area (Å²) in [7, 11) is 0. The van der Waals surface area contributed by atoms with E-state index in [2.05, 4.69) is 29.6 Å². The average molecular weight is 446 g/mol. The molecule has 172 valence electrons. The van der Waals surface area contributed by atoms with Crippen LogP contribution >= 0.6 is 0 Å². The molecule has 7 heteroatoms. The molecule has 0 radical (unpaired) electrons. The molecule has 3 amide bonds. The van der Waals surface area contributed by atoms with E-state index in [4.69, 9.17) is 0 Å². The van der Waals surface area contributed by atoms with Gasteiger partial charge in [0.05, 0.1) is 23.1 Å². The Morgan fingerprint density at radius 3 is 2.48 bits per heavy atom. The van der Waals surface area contributed by atoms with Gasteiger partial charge in [-0.3, -0.25) is 4.79 Å². The molecule has 0 unspecified atom stereocenters. The number of carbonyl (C=O) groups excluding carboxylic acids is 2. The van der Waals surface area contributed by atoms with Crippen LogP contribution in [0.25, 0.3) is 5.69 Å². The molecule has 0 bridgehead atoms. The molecule has 1 aromatic heterocycles. The summed E-state index contributed by atoms with van der Waals surface area (Å²) >= 11 is 0. The number of anilines is 1. The smallest absolute Gasteiger partial charge is 0.321 e. The van der Waals surface area contributed by atoms with E-state index >= 15 is 0 Å². The fourth-order valence-electron chi connectivity index (χ4n) is 4.14. The van der Waals surface area contributed by atoms with Gasteiger partial charge < -0.3 is 15.5 Å². The lowest BCUT2D eigenvalue weighted by molar-refractivity contribution is 0.0949. The van der Waals surface area contributed by atoms with Crippen molar-refractivity contribution in [3.63, 3.8) is 0 Å². The van der Waals surface area contributed by atoms with Crippen LogP contribution in [0.4, 0.5) is 10.5 Å². The number of aromatic nitrogens is 2. The lowest BCUT2D eigenvalue weighted by Gasteiger charge is -2.16. The van der Waals surface area contributed by atoms with Gasteiger partial charge in [-0.2, -0.15) is 5.10 Å². The average Bonchev–Trinajstić information content (AvgIpc) is 3.49. The van der Waals surface area contributed by atoms with Crippen LogP contribution in [-0.2, 0) is 6.54 Å². The third-order valence-electron chi connectivity index (χ3n) is 5.90. The maximum Gasteiger partial charge on any atom is 0.321 e.